The van der Waals surface area contributed by atoms with Crippen molar-refractivity contribution < 1.29 is 9.18 Å². The fourth-order valence-electron chi connectivity index (χ4n) is 3.40. The van der Waals surface area contributed by atoms with E-state index in [4.69, 9.17) is 0 Å². The number of carbonyl (C=O) groups excluding carboxylic acids is 1. The summed E-state index contributed by atoms with van der Waals surface area (Å²) in [7, 11) is 2.11. The summed E-state index contributed by atoms with van der Waals surface area (Å²) in [6.45, 7) is 6.82. The molecule has 1 fully saturated rings. The molecule has 1 amide bonds. The van der Waals surface area contributed by atoms with Gasteiger partial charge in [0.2, 0.25) is 0 Å². The van der Waals surface area contributed by atoms with Gasteiger partial charge in [0.15, 0.2) is 0 Å². The second kappa shape index (κ2) is 8.00. The molecule has 0 bridgehead atoms. The van der Waals surface area contributed by atoms with Gasteiger partial charge in [-0.3, -0.25) is 4.79 Å². The van der Waals surface area contributed by atoms with Crippen molar-refractivity contribution in [2.24, 2.45) is 5.92 Å². The highest BCUT2D eigenvalue weighted by Gasteiger charge is 2.19. The Morgan fingerprint density at radius 2 is 1.73 bits per heavy atom. The molecule has 2 aromatic carbocycles. The predicted molar refractivity (Wildman–Crippen MR) is 104 cm³/mol. The van der Waals surface area contributed by atoms with Crippen molar-refractivity contribution in [2.75, 3.05) is 26.7 Å². The van der Waals surface area contributed by atoms with E-state index >= 15 is 0 Å². The third-order valence-corrected chi connectivity index (χ3v) is 5.44. The Labute approximate surface area is 155 Å². The summed E-state index contributed by atoms with van der Waals surface area (Å²) < 4.78 is 14.5. The highest BCUT2D eigenvalue weighted by Crippen LogP contribution is 2.24. The molecule has 1 saturated heterocycles. The average molecular weight is 354 g/mol. The Morgan fingerprint density at radius 1 is 1.08 bits per heavy atom. The minimum Gasteiger partial charge on any atom is -0.352 e. The number of halogens is 1. The molecule has 0 saturated carbocycles. The van der Waals surface area contributed by atoms with Gasteiger partial charge in [-0.05, 0) is 87.1 Å². The van der Waals surface area contributed by atoms with Gasteiger partial charge in [0.1, 0.15) is 5.82 Å². The number of carbonyl (C=O) groups is 1. The van der Waals surface area contributed by atoms with Gasteiger partial charge in [0.05, 0.1) is 5.56 Å². The maximum absolute atomic E-state index is 14.5. The summed E-state index contributed by atoms with van der Waals surface area (Å²) in [5.74, 6) is -0.317. The molecule has 2 aromatic rings. The van der Waals surface area contributed by atoms with Gasteiger partial charge in [-0.1, -0.05) is 24.3 Å². The van der Waals surface area contributed by atoms with Crippen LogP contribution in [0.2, 0.25) is 0 Å². The Bertz CT molecular complexity index is 795. The van der Waals surface area contributed by atoms with Gasteiger partial charge in [0.25, 0.3) is 5.91 Å². The van der Waals surface area contributed by atoms with Crippen molar-refractivity contribution in [3.05, 3.63) is 58.9 Å². The van der Waals surface area contributed by atoms with Crippen LogP contribution < -0.4 is 5.32 Å². The van der Waals surface area contributed by atoms with Crippen molar-refractivity contribution >= 4 is 5.91 Å². The van der Waals surface area contributed by atoms with Crippen LogP contribution in [-0.4, -0.2) is 37.5 Å². The van der Waals surface area contributed by atoms with Crippen LogP contribution in [0.5, 0.6) is 0 Å². The predicted octanol–water partition coefficient (Wildman–Crippen LogP) is 4.18. The van der Waals surface area contributed by atoms with Crippen LogP contribution in [0.15, 0.2) is 36.4 Å². The van der Waals surface area contributed by atoms with Gasteiger partial charge < -0.3 is 10.2 Å². The number of nitrogens with zero attached hydrogens (tertiary/aromatic N) is 1. The van der Waals surface area contributed by atoms with Gasteiger partial charge >= 0.3 is 0 Å². The monoisotopic (exact) mass is 354 g/mol. The summed E-state index contributed by atoms with van der Waals surface area (Å²) >= 11 is 0. The number of aryl methyl sites for hydroxylation is 2. The Hall–Kier alpha value is -2.20. The lowest BCUT2D eigenvalue weighted by Crippen LogP contribution is -2.37. The first-order valence-electron chi connectivity index (χ1n) is 9.28. The molecule has 0 aromatic heterocycles. The molecule has 4 heteroatoms. The highest BCUT2D eigenvalue weighted by atomic mass is 19.1. The van der Waals surface area contributed by atoms with Gasteiger partial charge in [-0.25, -0.2) is 4.39 Å². The maximum Gasteiger partial charge on any atom is 0.254 e. The quantitative estimate of drug-likeness (QED) is 0.893. The zero-order valence-corrected chi connectivity index (χ0v) is 15.8. The first-order valence-corrected chi connectivity index (χ1v) is 9.28. The second-order valence-electron chi connectivity index (χ2n) is 7.45. The van der Waals surface area contributed by atoms with Gasteiger partial charge in [-0.15, -0.1) is 0 Å². The molecular weight excluding hydrogens is 327 g/mol. The van der Waals surface area contributed by atoms with E-state index < -0.39 is 5.82 Å². The van der Waals surface area contributed by atoms with E-state index in [2.05, 4.69) is 24.2 Å². The minimum atomic E-state index is -0.471. The standard InChI is InChI=1S/C22H27FN2O/c1-15-4-5-18(12-16(15)2)19-6-7-20(21(23)13-19)22(26)24-14-17-8-10-25(3)11-9-17/h4-7,12-13,17H,8-11,14H2,1-3H3,(H,24,26). The van der Waals surface area contributed by atoms with E-state index in [-0.39, 0.29) is 11.5 Å². The van der Waals surface area contributed by atoms with Crippen molar-refractivity contribution in [1.82, 2.24) is 10.2 Å². The molecule has 138 valence electrons. The van der Waals surface area contributed by atoms with E-state index in [9.17, 15) is 9.18 Å². The van der Waals surface area contributed by atoms with Crippen molar-refractivity contribution in [3.8, 4) is 11.1 Å². The third kappa shape index (κ3) is 4.31. The zero-order valence-electron chi connectivity index (χ0n) is 15.8. The first kappa shape index (κ1) is 18.6. The topological polar surface area (TPSA) is 32.3 Å². The molecule has 1 aliphatic rings. The van der Waals surface area contributed by atoms with Gasteiger partial charge in [0, 0.05) is 6.54 Å². The Kier molecular flexibility index (Phi) is 5.72. The van der Waals surface area contributed by atoms with E-state index in [0.29, 0.717) is 12.5 Å². The summed E-state index contributed by atoms with van der Waals surface area (Å²) in [6.07, 6.45) is 2.15. The van der Waals surface area contributed by atoms with Gasteiger partial charge in [-0.2, -0.15) is 0 Å². The highest BCUT2D eigenvalue weighted by molar-refractivity contribution is 5.95. The van der Waals surface area contributed by atoms with E-state index in [1.165, 1.54) is 17.2 Å². The van der Waals surface area contributed by atoms with Crippen LogP contribution in [0.1, 0.15) is 34.3 Å². The molecular formula is C22H27FN2O. The summed E-state index contributed by atoms with van der Waals surface area (Å²) in [6, 6.07) is 10.9. The zero-order chi connectivity index (χ0) is 18.7. The number of nitrogens with one attached hydrogen (secondary N) is 1. The second-order valence-corrected chi connectivity index (χ2v) is 7.45. The van der Waals surface area contributed by atoms with Crippen LogP contribution in [0.25, 0.3) is 11.1 Å². The Balaban J connectivity index is 1.66. The van der Waals surface area contributed by atoms with Crippen molar-refractivity contribution in [2.45, 2.75) is 26.7 Å². The number of hydrogen-bond donors (Lipinski definition) is 1. The van der Waals surface area contributed by atoms with Crippen molar-refractivity contribution in [3.63, 3.8) is 0 Å². The lowest BCUT2D eigenvalue weighted by Gasteiger charge is -2.28. The SMILES string of the molecule is Cc1ccc(-c2ccc(C(=O)NCC3CCN(C)CC3)c(F)c2)cc1C. The molecule has 1 heterocycles. The fraction of sp³-hybridized carbons (Fsp3) is 0.409. The molecule has 26 heavy (non-hydrogen) atoms. The molecule has 1 aliphatic heterocycles. The molecule has 0 atom stereocenters. The van der Waals surface area contributed by atoms with Crippen LogP contribution >= 0.6 is 0 Å². The Morgan fingerprint density at radius 3 is 2.38 bits per heavy atom. The van der Waals surface area contributed by atoms with Crippen LogP contribution in [0.3, 0.4) is 0 Å². The number of hydrogen-bond acceptors (Lipinski definition) is 2. The van der Waals surface area contributed by atoms with E-state index in [0.717, 1.165) is 37.1 Å². The molecule has 3 nitrogen and oxygen atoms in total. The van der Waals surface area contributed by atoms with Crippen LogP contribution in [0, 0.1) is 25.6 Å². The number of rotatable bonds is 4. The number of amides is 1. The summed E-state index contributed by atoms with van der Waals surface area (Å²) in [5.41, 5.74) is 4.25. The smallest absolute Gasteiger partial charge is 0.254 e. The molecule has 0 radical (unpaired) electrons. The maximum atomic E-state index is 14.5. The summed E-state index contributed by atoms with van der Waals surface area (Å²) in [4.78, 5) is 14.7. The molecule has 0 spiro atoms. The van der Waals surface area contributed by atoms with Crippen molar-refractivity contribution in [1.29, 1.82) is 0 Å². The van der Waals surface area contributed by atoms with E-state index in [1.807, 2.05) is 31.2 Å². The minimum absolute atomic E-state index is 0.116. The average Bonchev–Trinajstić information content (AvgIpc) is 2.63. The number of benzene rings is 2. The molecule has 3 rings (SSSR count). The van der Waals surface area contributed by atoms with Crippen LogP contribution in [-0.2, 0) is 0 Å². The third-order valence-electron chi connectivity index (χ3n) is 5.44. The number of piperidine rings is 1. The lowest BCUT2D eigenvalue weighted by atomic mass is 9.97. The molecule has 0 unspecified atom stereocenters. The number of likely N-dealkylation sites (tertiary alicyclic amines) is 1. The normalized spacial score (nSPS) is 15.8. The fourth-order valence-corrected chi connectivity index (χ4v) is 3.40. The molecule has 1 N–H and O–H groups in total. The van der Waals surface area contributed by atoms with Crippen LogP contribution in [0.4, 0.5) is 4.39 Å². The summed E-state index contributed by atoms with van der Waals surface area (Å²) in [5, 5.41) is 2.90. The largest absolute Gasteiger partial charge is 0.352 e. The van der Waals surface area contributed by atoms with E-state index in [1.54, 1.807) is 6.07 Å². The lowest BCUT2D eigenvalue weighted by molar-refractivity contribution is 0.0935. The first-order chi connectivity index (χ1) is 12.4. The molecule has 0 aliphatic carbocycles.